The highest BCUT2D eigenvalue weighted by atomic mass is 15.1. The second-order valence-electron chi connectivity index (χ2n) is 7.67. The van der Waals surface area contributed by atoms with Gasteiger partial charge in [-0.2, -0.15) is 0 Å². The van der Waals surface area contributed by atoms with Crippen LogP contribution in [0.15, 0.2) is 24.3 Å². The molecule has 2 rings (SSSR count). The Morgan fingerprint density at radius 2 is 1.80 bits per heavy atom. The molecule has 1 aromatic rings. The quantitative estimate of drug-likeness (QED) is 0.889. The summed E-state index contributed by atoms with van der Waals surface area (Å²) in [5, 5.41) is 0. The van der Waals surface area contributed by atoms with Crippen LogP contribution in [-0.4, -0.2) is 25.0 Å². The molecule has 20 heavy (non-hydrogen) atoms. The molecule has 112 valence electrons. The molecular formula is C18H30N2. The number of likely N-dealkylation sites (N-methyl/N-ethyl adjacent to an activating group) is 1. The van der Waals surface area contributed by atoms with Crippen molar-refractivity contribution < 1.29 is 0 Å². The van der Waals surface area contributed by atoms with Crippen LogP contribution in [0.25, 0.3) is 0 Å². The molecule has 1 aliphatic carbocycles. The molecule has 2 heteroatoms. The van der Waals surface area contributed by atoms with Crippen LogP contribution in [-0.2, 0) is 5.41 Å². The summed E-state index contributed by atoms with van der Waals surface area (Å²) in [4.78, 5) is 2.39. The maximum Gasteiger partial charge on any atom is 0.0424 e. The Morgan fingerprint density at radius 1 is 1.25 bits per heavy atom. The number of hydrogen-bond acceptors (Lipinski definition) is 2. The molecule has 0 aliphatic heterocycles. The zero-order valence-electron chi connectivity index (χ0n) is 13.7. The zero-order valence-corrected chi connectivity index (χ0v) is 13.7. The Hall–Kier alpha value is -0.860. The summed E-state index contributed by atoms with van der Waals surface area (Å²) in [7, 11) is 2.19. The van der Waals surface area contributed by atoms with Crippen LogP contribution in [0.4, 0.5) is 0 Å². The van der Waals surface area contributed by atoms with Gasteiger partial charge in [0.1, 0.15) is 0 Å². The maximum absolute atomic E-state index is 6.34. The largest absolute Gasteiger partial charge is 0.323 e. The van der Waals surface area contributed by atoms with Gasteiger partial charge in [-0.15, -0.1) is 0 Å². The average Bonchev–Trinajstić information content (AvgIpc) is 3.03. The van der Waals surface area contributed by atoms with Crippen molar-refractivity contribution in [3.63, 3.8) is 0 Å². The van der Waals surface area contributed by atoms with Crippen LogP contribution < -0.4 is 5.73 Å². The molecule has 0 bridgehead atoms. The summed E-state index contributed by atoms with van der Waals surface area (Å²) in [6.45, 7) is 11.2. The molecule has 0 spiro atoms. The lowest BCUT2D eigenvalue weighted by atomic mass is 9.86. The van der Waals surface area contributed by atoms with Crippen molar-refractivity contribution in [3.8, 4) is 0 Å². The van der Waals surface area contributed by atoms with Crippen LogP contribution in [0.3, 0.4) is 0 Å². The van der Waals surface area contributed by atoms with Crippen molar-refractivity contribution in [2.45, 2.75) is 45.6 Å². The molecule has 0 radical (unpaired) electrons. The van der Waals surface area contributed by atoms with E-state index in [4.69, 9.17) is 5.73 Å². The Kier molecular flexibility index (Phi) is 4.55. The van der Waals surface area contributed by atoms with Crippen LogP contribution in [0.5, 0.6) is 0 Å². The fourth-order valence-corrected chi connectivity index (χ4v) is 2.80. The van der Waals surface area contributed by atoms with Crippen molar-refractivity contribution in [2.24, 2.45) is 17.6 Å². The number of benzene rings is 1. The molecule has 0 aromatic heterocycles. The highest BCUT2D eigenvalue weighted by Crippen LogP contribution is 2.38. The van der Waals surface area contributed by atoms with E-state index in [0.717, 1.165) is 18.4 Å². The van der Waals surface area contributed by atoms with Crippen molar-refractivity contribution in [3.05, 3.63) is 35.4 Å². The molecular weight excluding hydrogens is 244 g/mol. The van der Waals surface area contributed by atoms with Gasteiger partial charge >= 0.3 is 0 Å². The molecule has 1 fully saturated rings. The van der Waals surface area contributed by atoms with Gasteiger partial charge < -0.3 is 10.6 Å². The number of nitrogens with zero attached hydrogens (tertiary/aromatic N) is 1. The third-order valence-corrected chi connectivity index (χ3v) is 4.54. The van der Waals surface area contributed by atoms with Gasteiger partial charge in [-0.1, -0.05) is 52.0 Å². The van der Waals surface area contributed by atoms with Gasteiger partial charge in [-0.05, 0) is 41.8 Å². The van der Waals surface area contributed by atoms with E-state index in [1.54, 1.807) is 0 Å². The Bertz CT molecular complexity index is 430. The van der Waals surface area contributed by atoms with E-state index in [0.29, 0.717) is 0 Å². The normalized spacial score (nSPS) is 23.9. The van der Waals surface area contributed by atoms with Gasteiger partial charge in [-0.3, -0.25) is 0 Å². The van der Waals surface area contributed by atoms with Crippen LogP contribution in [0, 0.1) is 11.8 Å². The number of hydrogen-bond donors (Lipinski definition) is 1. The second kappa shape index (κ2) is 5.87. The highest BCUT2D eigenvalue weighted by Gasteiger charge is 2.33. The minimum Gasteiger partial charge on any atom is -0.323 e. The highest BCUT2D eigenvalue weighted by molar-refractivity contribution is 5.29. The Labute approximate surface area is 124 Å². The molecule has 0 amide bonds. The monoisotopic (exact) mass is 274 g/mol. The van der Waals surface area contributed by atoms with Crippen molar-refractivity contribution in [1.29, 1.82) is 0 Å². The summed E-state index contributed by atoms with van der Waals surface area (Å²) in [6, 6.07) is 8.94. The predicted octanol–water partition coefficient (Wildman–Crippen LogP) is 3.57. The number of rotatable bonds is 5. The molecule has 2 nitrogen and oxygen atoms in total. The second-order valence-corrected chi connectivity index (χ2v) is 7.67. The fraction of sp³-hybridized carbons (Fsp3) is 0.667. The first-order chi connectivity index (χ1) is 9.27. The van der Waals surface area contributed by atoms with E-state index in [1.807, 2.05) is 0 Å². The van der Waals surface area contributed by atoms with E-state index in [2.05, 4.69) is 63.9 Å². The predicted molar refractivity (Wildman–Crippen MR) is 86.8 cm³/mol. The first kappa shape index (κ1) is 15.5. The van der Waals surface area contributed by atoms with E-state index >= 15 is 0 Å². The zero-order chi connectivity index (χ0) is 14.9. The molecule has 0 heterocycles. The van der Waals surface area contributed by atoms with Gasteiger partial charge in [0, 0.05) is 19.1 Å². The Balaban J connectivity index is 1.90. The number of nitrogens with two attached hydrogens (primary N) is 1. The topological polar surface area (TPSA) is 29.3 Å². The van der Waals surface area contributed by atoms with Crippen LogP contribution >= 0.6 is 0 Å². The van der Waals surface area contributed by atoms with Crippen LogP contribution in [0.2, 0.25) is 0 Å². The average molecular weight is 274 g/mol. The van der Waals surface area contributed by atoms with Gasteiger partial charge in [-0.25, -0.2) is 0 Å². The third kappa shape index (κ3) is 4.07. The summed E-state index contributed by atoms with van der Waals surface area (Å²) in [5.41, 5.74) is 9.17. The minimum absolute atomic E-state index is 0.114. The van der Waals surface area contributed by atoms with Gasteiger partial charge in [0.05, 0.1) is 0 Å². The lowest BCUT2D eigenvalue weighted by Gasteiger charge is -2.23. The fourth-order valence-electron chi connectivity index (χ4n) is 2.80. The standard InChI is InChI=1S/C18H30N2/c1-13-10-15(13)11-20(5)12-17(19)14-6-8-16(9-7-14)18(2,3)4/h6-9,13,15,17H,10-12,19H2,1-5H3. The molecule has 3 unspecified atom stereocenters. The first-order valence-electron chi connectivity index (χ1n) is 7.82. The van der Waals surface area contributed by atoms with E-state index in [9.17, 15) is 0 Å². The van der Waals surface area contributed by atoms with Crippen molar-refractivity contribution in [1.82, 2.24) is 4.90 Å². The Morgan fingerprint density at radius 3 is 2.25 bits per heavy atom. The molecule has 0 saturated heterocycles. The third-order valence-electron chi connectivity index (χ3n) is 4.54. The summed E-state index contributed by atoms with van der Waals surface area (Å²) in [6.07, 6.45) is 1.39. The lowest BCUT2D eigenvalue weighted by Crippen LogP contribution is -2.30. The minimum atomic E-state index is 0.114. The summed E-state index contributed by atoms with van der Waals surface area (Å²) < 4.78 is 0. The molecule has 1 saturated carbocycles. The van der Waals surface area contributed by atoms with Crippen LogP contribution in [0.1, 0.15) is 51.3 Å². The van der Waals surface area contributed by atoms with Crippen molar-refractivity contribution in [2.75, 3.05) is 20.1 Å². The van der Waals surface area contributed by atoms with Gasteiger partial charge in [0.2, 0.25) is 0 Å². The molecule has 3 atom stereocenters. The maximum atomic E-state index is 6.34. The first-order valence-corrected chi connectivity index (χ1v) is 7.82. The van der Waals surface area contributed by atoms with Gasteiger partial charge in [0.25, 0.3) is 0 Å². The van der Waals surface area contributed by atoms with E-state index in [1.165, 1.54) is 24.1 Å². The summed E-state index contributed by atoms with van der Waals surface area (Å²) >= 11 is 0. The van der Waals surface area contributed by atoms with Gasteiger partial charge in [0.15, 0.2) is 0 Å². The smallest absolute Gasteiger partial charge is 0.0424 e. The summed E-state index contributed by atoms with van der Waals surface area (Å²) in [5.74, 6) is 1.82. The molecule has 2 N–H and O–H groups in total. The lowest BCUT2D eigenvalue weighted by molar-refractivity contribution is 0.296. The molecule has 1 aromatic carbocycles. The van der Waals surface area contributed by atoms with E-state index in [-0.39, 0.29) is 11.5 Å². The SMILES string of the molecule is CC1CC1CN(C)CC(N)c1ccc(C(C)(C)C)cc1. The molecule has 1 aliphatic rings. The van der Waals surface area contributed by atoms with Crippen molar-refractivity contribution >= 4 is 0 Å². The van der Waals surface area contributed by atoms with E-state index < -0.39 is 0 Å².